The quantitative estimate of drug-likeness (QED) is 0.586. The summed E-state index contributed by atoms with van der Waals surface area (Å²) >= 11 is 0. The Labute approximate surface area is 94.6 Å². The van der Waals surface area contributed by atoms with E-state index in [1.807, 2.05) is 6.07 Å². The molecule has 1 aromatic carbocycles. The number of nitrogens with two attached hydrogens (primary N) is 2. The fraction of sp³-hybridized carbons (Fsp3) is 0.455. The Morgan fingerprint density at radius 1 is 1.50 bits per heavy atom. The van der Waals surface area contributed by atoms with Crippen molar-refractivity contribution in [3.8, 4) is 0 Å². The molecule has 0 heterocycles. The number of nitro benzene ring substituents is 1. The maximum absolute atomic E-state index is 10.8. The van der Waals surface area contributed by atoms with Gasteiger partial charge < -0.3 is 11.5 Å². The van der Waals surface area contributed by atoms with Crippen LogP contribution in [0.4, 0.5) is 5.69 Å². The predicted molar refractivity (Wildman–Crippen MR) is 63.1 cm³/mol. The van der Waals surface area contributed by atoms with Crippen molar-refractivity contribution in [2.45, 2.75) is 25.8 Å². The molecule has 0 saturated carbocycles. The minimum Gasteiger partial charge on any atom is -0.330 e. The van der Waals surface area contributed by atoms with E-state index in [2.05, 4.69) is 0 Å². The number of hydrogen-bond acceptors (Lipinski definition) is 4. The molecular weight excluding hydrogens is 206 g/mol. The SMILES string of the molecule is Cc1ccc([C@H](N)CCCN)cc1[N+](=O)[O-]. The molecule has 0 unspecified atom stereocenters. The van der Waals surface area contributed by atoms with Gasteiger partial charge in [-0.05, 0) is 31.9 Å². The summed E-state index contributed by atoms with van der Waals surface area (Å²) in [5.74, 6) is 0. The lowest BCUT2D eigenvalue weighted by atomic mass is 10.0. The molecule has 0 amide bonds. The Morgan fingerprint density at radius 3 is 2.75 bits per heavy atom. The lowest BCUT2D eigenvalue weighted by molar-refractivity contribution is -0.385. The summed E-state index contributed by atoms with van der Waals surface area (Å²) in [4.78, 5) is 10.4. The highest BCUT2D eigenvalue weighted by atomic mass is 16.6. The van der Waals surface area contributed by atoms with Gasteiger partial charge in [0.15, 0.2) is 0 Å². The highest BCUT2D eigenvalue weighted by Gasteiger charge is 2.14. The van der Waals surface area contributed by atoms with Crippen molar-refractivity contribution in [1.82, 2.24) is 0 Å². The van der Waals surface area contributed by atoms with Gasteiger partial charge in [-0.3, -0.25) is 10.1 Å². The van der Waals surface area contributed by atoms with Crippen LogP contribution in [0.3, 0.4) is 0 Å². The van der Waals surface area contributed by atoms with Crippen LogP contribution in [0.2, 0.25) is 0 Å². The average Bonchev–Trinajstić information content (AvgIpc) is 2.26. The summed E-state index contributed by atoms with van der Waals surface area (Å²) in [6.07, 6.45) is 1.57. The average molecular weight is 223 g/mol. The molecule has 0 radical (unpaired) electrons. The van der Waals surface area contributed by atoms with Crippen LogP contribution in [0.1, 0.15) is 30.0 Å². The van der Waals surface area contributed by atoms with E-state index in [1.54, 1.807) is 19.1 Å². The van der Waals surface area contributed by atoms with Crippen molar-refractivity contribution in [1.29, 1.82) is 0 Å². The highest BCUT2D eigenvalue weighted by Crippen LogP contribution is 2.24. The minimum absolute atomic E-state index is 0.126. The zero-order valence-corrected chi connectivity index (χ0v) is 9.35. The molecule has 0 aromatic heterocycles. The van der Waals surface area contributed by atoms with Crippen molar-refractivity contribution in [3.63, 3.8) is 0 Å². The first-order valence-corrected chi connectivity index (χ1v) is 5.27. The Kier molecular flexibility index (Phi) is 4.39. The first-order chi connectivity index (χ1) is 7.56. The number of benzene rings is 1. The van der Waals surface area contributed by atoms with Gasteiger partial charge in [0.05, 0.1) is 4.92 Å². The molecule has 0 aliphatic rings. The Hall–Kier alpha value is -1.46. The van der Waals surface area contributed by atoms with Crippen molar-refractivity contribution >= 4 is 5.69 Å². The first-order valence-electron chi connectivity index (χ1n) is 5.27. The largest absolute Gasteiger partial charge is 0.330 e. The molecule has 0 bridgehead atoms. The molecule has 0 saturated heterocycles. The van der Waals surface area contributed by atoms with Crippen LogP contribution in [-0.2, 0) is 0 Å². The summed E-state index contributed by atoms with van der Waals surface area (Å²) in [5.41, 5.74) is 12.9. The normalized spacial score (nSPS) is 12.4. The second kappa shape index (κ2) is 5.58. The molecule has 0 spiro atoms. The predicted octanol–water partition coefficient (Wildman–Crippen LogP) is 1.64. The molecule has 1 aromatic rings. The van der Waals surface area contributed by atoms with Crippen LogP contribution >= 0.6 is 0 Å². The minimum atomic E-state index is -0.380. The third-order valence-corrected chi connectivity index (χ3v) is 2.58. The Balaban J connectivity index is 2.89. The molecule has 16 heavy (non-hydrogen) atoms. The zero-order chi connectivity index (χ0) is 12.1. The van der Waals surface area contributed by atoms with Gasteiger partial charge in [0.25, 0.3) is 5.69 Å². The van der Waals surface area contributed by atoms with Crippen LogP contribution in [0.5, 0.6) is 0 Å². The number of aryl methyl sites for hydroxylation is 1. The summed E-state index contributed by atoms with van der Waals surface area (Å²) in [7, 11) is 0. The van der Waals surface area contributed by atoms with Crippen LogP contribution in [0.15, 0.2) is 18.2 Å². The monoisotopic (exact) mass is 223 g/mol. The molecule has 1 rings (SSSR count). The summed E-state index contributed by atoms with van der Waals surface area (Å²) in [5, 5.41) is 10.8. The maximum Gasteiger partial charge on any atom is 0.272 e. The first kappa shape index (κ1) is 12.6. The van der Waals surface area contributed by atoms with E-state index in [1.165, 1.54) is 0 Å². The number of nitrogens with zero attached hydrogens (tertiary/aromatic N) is 1. The maximum atomic E-state index is 10.8. The van der Waals surface area contributed by atoms with Crippen molar-refractivity contribution in [2.75, 3.05) is 6.54 Å². The molecule has 0 aliphatic carbocycles. The molecule has 1 atom stereocenters. The lowest BCUT2D eigenvalue weighted by Crippen LogP contribution is -2.12. The van der Waals surface area contributed by atoms with Crippen molar-refractivity contribution in [2.24, 2.45) is 11.5 Å². The number of hydrogen-bond donors (Lipinski definition) is 2. The van der Waals surface area contributed by atoms with Gasteiger partial charge in [-0.2, -0.15) is 0 Å². The van der Waals surface area contributed by atoms with E-state index >= 15 is 0 Å². The van der Waals surface area contributed by atoms with E-state index in [-0.39, 0.29) is 16.7 Å². The Morgan fingerprint density at radius 2 is 2.19 bits per heavy atom. The topological polar surface area (TPSA) is 95.2 Å². The molecule has 5 nitrogen and oxygen atoms in total. The fourth-order valence-electron chi connectivity index (χ4n) is 1.56. The molecule has 88 valence electrons. The van der Waals surface area contributed by atoms with Gasteiger partial charge in [0, 0.05) is 17.7 Å². The van der Waals surface area contributed by atoms with Crippen molar-refractivity contribution < 1.29 is 4.92 Å². The van der Waals surface area contributed by atoms with Gasteiger partial charge >= 0.3 is 0 Å². The third kappa shape index (κ3) is 3.01. The van der Waals surface area contributed by atoms with E-state index in [4.69, 9.17) is 11.5 Å². The summed E-state index contributed by atoms with van der Waals surface area (Å²) in [6, 6.07) is 4.94. The van der Waals surface area contributed by atoms with Crippen LogP contribution < -0.4 is 11.5 Å². The van der Waals surface area contributed by atoms with Gasteiger partial charge in [-0.25, -0.2) is 0 Å². The second-order valence-corrected chi connectivity index (χ2v) is 3.84. The molecule has 0 aliphatic heterocycles. The van der Waals surface area contributed by atoms with Crippen molar-refractivity contribution in [3.05, 3.63) is 39.4 Å². The Bertz CT molecular complexity index is 379. The lowest BCUT2D eigenvalue weighted by Gasteiger charge is -2.11. The molecular formula is C11H17N3O2. The van der Waals surface area contributed by atoms with Crippen LogP contribution in [0, 0.1) is 17.0 Å². The van der Waals surface area contributed by atoms with Gasteiger partial charge in [-0.15, -0.1) is 0 Å². The summed E-state index contributed by atoms with van der Waals surface area (Å²) < 4.78 is 0. The third-order valence-electron chi connectivity index (χ3n) is 2.58. The van der Waals surface area contributed by atoms with Crippen LogP contribution in [-0.4, -0.2) is 11.5 Å². The zero-order valence-electron chi connectivity index (χ0n) is 9.35. The van der Waals surface area contributed by atoms with Gasteiger partial charge in [0.2, 0.25) is 0 Å². The van der Waals surface area contributed by atoms with E-state index < -0.39 is 0 Å². The van der Waals surface area contributed by atoms with Gasteiger partial charge in [0.1, 0.15) is 0 Å². The van der Waals surface area contributed by atoms with E-state index in [0.29, 0.717) is 12.1 Å². The number of rotatable bonds is 5. The fourth-order valence-corrected chi connectivity index (χ4v) is 1.56. The molecule has 4 N–H and O–H groups in total. The standard InChI is InChI=1S/C11H17N3O2/c1-8-4-5-9(7-11(8)14(15)16)10(13)3-2-6-12/h4-5,7,10H,2-3,6,12-13H2,1H3/t10-/m1/s1. The number of nitro groups is 1. The summed E-state index contributed by atoms with van der Waals surface area (Å²) in [6.45, 7) is 2.30. The molecule has 0 fully saturated rings. The van der Waals surface area contributed by atoms with Crippen LogP contribution in [0.25, 0.3) is 0 Å². The highest BCUT2D eigenvalue weighted by molar-refractivity contribution is 5.43. The molecule has 5 heteroatoms. The smallest absolute Gasteiger partial charge is 0.272 e. The van der Waals surface area contributed by atoms with E-state index in [9.17, 15) is 10.1 Å². The van der Waals surface area contributed by atoms with Gasteiger partial charge in [-0.1, -0.05) is 12.1 Å². The second-order valence-electron chi connectivity index (χ2n) is 3.84. The van der Waals surface area contributed by atoms with E-state index in [0.717, 1.165) is 18.4 Å².